The minimum absolute atomic E-state index is 0.0131. The molecule has 1 N–H and O–H groups in total. The minimum atomic E-state index is -3.05. The Balaban J connectivity index is 1.84. The van der Waals surface area contributed by atoms with Gasteiger partial charge in [-0.15, -0.1) is 0 Å². The zero-order valence-corrected chi connectivity index (χ0v) is 15.7. The Morgan fingerprint density at radius 2 is 2.00 bits per heavy atom. The second kappa shape index (κ2) is 7.41. The number of carbonyl (C=O) groups excluding carboxylic acids is 1. The highest BCUT2D eigenvalue weighted by Crippen LogP contribution is 2.22. The van der Waals surface area contributed by atoms with Gasteiger partial charge in [0.2, 0.25) is 5.95 Å². The molecule has 26 heavy (non-hydrogen) atoms. The number of nitrogens with one attached hydrogen (secondary N) is 1. The molecule has 1 unspecified atom stereocenters. The third-order valence-corrected chi connectivity index (χ3v) is 6.04. The van der Waals surface area contributed by atoms with E-state index in [1.807, 2.05) is 42.2 Å². The van der Waals surface area contributed by atoms with E-state index in [-0.39, 0.29) is 29.1 Å². The lowest BCUT2D eigenvalue weighted by atomic mass is 10.2. The highest BCUT2D eigenvalue weighted by atomic mass is 32.2. The van der Waals surface area contributed by atoms with Crippen molar-refractivity contribution in [1.82, 2.24) is 15.3 Å². The smallest absolute Gasteiger partial charge is 0.270 e. The van der Waals surface area contributed by atoms with Gasteiger partial charge in [0.25, 0.3) is 5.91 Å². The molecule has 7 nitrogen and oxygen atoms in total. The van der Waals surface area contributed by atoms with Crippen LogP contribution in [0.5, 0.6) is 0 Å². The van der Waals surface area contributed by atoms with Crippen molar-refractivity contribution >= 4 is 27.4 Å². The molecule has 0 saturated carbocycles. The third kappa shape index (κ3) is 4.19. The quantitative estimate of drug-likeness (QED) is 0.859. The molecule has 1 atom stereocenters. The summed E-state index contributed by atoms with van der Waals surface area (Å²) in [4.78, 5) is 23.3. The first-order chi connectivity index (χ1) is 12.4. The average molecular weight is 374 g/mol. The van der Waals surface area contributed by atoms with Crippen LogP contribution >= 0.6 is 0 Å². The summed E-state index contributed by atoms with van der Waals surface area (Å²) in [6, 6.07) is 11.0. The molecule has 1 aliphatic heterocycles. The standard InChI is InChI=1S/C18H22N4O3S/c1-3-22(15-7-5-4-6-8-15)18-19-13(2)11-16(21-18)17(23)20-14-9-10-26(24,25)12-14/h4-8,11,14H,3,9-10,12H2,1-2H3,(H,20,23). The van der Waals surface area contributed by atoms with Crippen molar-refractivity contribution in [3.63, 3.8) is 0 Å². The number of anilines is 2. The van der Waals surface area contributed by atoms with Crippen molar-refractivity contribution in [2.24, 2.45) is 0 Å². The van der Waals surface area contributed by atoms with E-state index in [1.54, 1.807) is 13.0 Å². The number of hydrogen-bond acceptors (Lipinski definition) is 6. The lowest BCUT2D eigenvalue weighted by Crippen LogP contribution is -2.36. The van der Waals surface area contributed by atoms with Gasteiger partial charge in [0.05, 0.1) is 11.5 Å². The van der Waals surface area contributed by atoms with E-state index in [0.29, 0.717) is 24.6 Å². The summed E-state index contributed by atoms with van der Waals surface area (Å²) < 4.78 is 23.1. The van der Waals surface area contributed by atoms with Gasteiger partial charge in [0, 0.05) is 24.0 Å². The van der Waals surface area contributed by atoms with E-state index in [0.717, 1.165) is 5.69 Å². The molecule has 2 heterocycles. The summed E-state index contributed by atoms with van der Waals surface area (Å²) >= 11 is 0. The highest BCUT2D eigenvalue weighted by Gasteiger charge is 2.29. The molecule has 1 aromatic heterocycles. The molecule has 3 rings (SSSR count). The zero-order valence-electron chi connectivity index (χ0n) is 14.8. The van der Waals surface area contributed by atoms with Gasteiger partial charge in [-0.1, -0.05) is 18.2 Å². The molecule has 1 aliphatic rings. The molecular weight excluding hydrogens is 352 g/mol. The third-order valence-electron chi connectivity index (χ3n) is 4.27. The summed E-state index contributed by atoms with van der Waals surface area (Å²) in [5.74, 6) is 0.176. The van der Waals surface area contributed by atoms with Crippen LogP contribution in [0, 0.1) is 6.92 Å². The topological polar surface area (TPSA) is 92.3 Å². The van der Waals surface area contributed by atoms with E-state index in [4.69, 9.17) is 0 Å². The number of nitrogens with zero attached hydrogens (tertiary/aromatic N) is 3. The Hall–Kier alpha value is -2.48. The predicted molar refractivity (Wildman–Crippen MR) is 100 cm³/mol. The molecule has 1 saturated heterocycles. The highest BCUT2D eigenvalue weighted by molar-refractivity contribution is 7.91. The molecule has 138 valence electrons. The molecular formula is C18H22N4O3S. The first kappa shape index (κ1) is 18.3. The number of rotatable bonds is 5. The van der Waals surface area contributed by atoms with Crippen molar-refractivity contribution in [2.45, 2.75) is 26.3 Å². The zero-order chi connectivity index (χ0) is 18.7. The van der Waals surface area contributed by atoms with E-state index < -0.39 is 9.84 Å². The van der Waals surface area contributed by atoms with Crippen molar-refractivity contribution < 1.29 is 13.2 Å². The molecule has 0 bridgehead atoms. The van der Waals surface area contributed by atoms with E-state index >= 15 is 0 Å². The number of aromatic nitrogens is 2. The van der Waals surface area contributed by atoms with Crippen LogP contribution in [0.2, 0.25) is 0 Å². The molecule has 0 aliphatic carbocycles. The number of sulfone groups is 1. The molecule has 1 aromatic carbocycles. The van der Waals surface area contributed by atoms with Crippen molar-refractivity contribution in [2.75, 3.05) is 23.0 Å². The lowest BCUT2D eigenvalue weighted by molar-refractivity contribution is 0.0936. The predicted octanol–water partition coefficient (Wildman–Crippen LogP) is 1.86. The van der Waals surface area contributed by atoms with Crippen LogP contribution in [0.1, 0.15) is 29.5 Å². The molecule has 8 heteroatoms. The number of carbonyl (C=O) groups is 1. The van der Waals surface area contributed by atoms with Crippen LogP contribution in [0.3, 0.4) is 0 Å². The Morgan fingerprint density at radius 3 is 2.62 bits per heavy atom. The van der Waals surface area contributed by atoms with Crippen LogP contribution in [0.4, 0.5) is 11.6 Å². The second-order valence-corrected chi connectivity index (χ2v) is 8.58. The maximum Gasteiger partial charge on any atom is 0.270 e. The van der Waals surface area contributed by atoms with Gasteiger partial charge in [-0.2, -0.15) is 0 Å². The van der Waals surface area contributed by atoms with E-state index in [9.17, 15) is 13.2 Å². The summed E-state index contributed by atoms with van der Waals surface area (Å²) in [7, 11) is -3.05. The molecule has 0 radical (unpaired) electrons. The van der Waals surface area contributed by atoms with Gasteiger partial charge in [0.15, 0.2) is 9.84 Å². The van der Waals surface area contributed by atoms with Crippen LogP contribution in [0.25, 0.3) is 0 Å². The fraction of sp³-hybridized carbons (Fsp3) is 0.389. The molecule has 1 fully saturated rings. The maximum absolute atomic E-state index is 12.5. The fourth-order valence-electron chi connectivity index (χ4n) is 3.01. The van der Waals surface area contributed by atoms with Crippen molar-refractivity contribution in [3.05, 3.63) is 47.8 Å². The van der Waals surface area contributed by atoms with E-state index in [2.05, 4.69) is 15.3 Å². The van der Waals surface area contributed by atoms with Gasteiger partial charge in [-0.25, -0.2) is 18.4 Å². The van der Waals surface area contributed by atoms with Crippen LogP contribution in [0.15, 0.2) is 36.4 Å². The second-order valence-electron chi connectivity index (χ2n) is 6.35. The van der Waals surface area contributed by atoms with Gasteiger partial charge in [-0.05, 0) is 38.5 Å². The number of amides is 1. The monoisotopic (exact) mass is 374 g/mol. The maximum atomic E-state index is 12.5. The van der Waals surface area contributed by atoms with Crippen molar-refractivity contribution in [1.29, 1.82) is 0 Å². The Bertz CT molecular complexity index is 900. The molecule has 1 amide bonds. The lowest BCUT2D eigenvalue weighted by Gasteiger charge is -2.22. The number of benzene rings is 1. The summed E-state index contributed by atoms with van der Waals surface area (Å²) in [6.45, 7) is 4.44. The van der Waals surface area contributed by atoms with Crippen LogP contribution < -0.4 is 10.2 Å². The Labute approximate surface area is 153 Å². The Kier molecular flexibility index (Phi) is 5.22. The normalized spacial score (nSPS) is 18.5. The Morgan fingerprint density at radius 1 is 1.27 bits per heavy atom. The fourth-order valence-corrected chi connectivity index (χ4v) is 4.68. The van der Waals surface area contributed by atoms with Gasteiger partial charge in [-0.3, -0.25) is 4.79 Å². The molecule has 0 spiro atoms. The number of aryl methyl sites for hydroxylation is 1. The average Bonchev–Trinajstić information content (AvgIpc) is 2.94. The number of para-hydroxylation sites is 1. The largest absolute Gasteiger partial charge is 0.347 e. The van der Waals surface area contributed by atoms with Crippen LogP contribution in [-0.4, -0.2) is 48.4 Å². The van der Waals surface area contributed by atoms with Gasteiger partial charge >= 0.3 is 0 Å². The van der Waals surface area contributed by atoms with Crippen molar-refractivity contribution in [3.8, 4) is 0 Å². The molecule has 2 aromatic rings. The van der Waals surface area contributed by atoms with Gasteiger partial charge in [0.1, 0.15) is 5.69 Å². The van der Waals surface area contributed by atoms with Crippen LogP contribution in [-0.2, 0) is 9.84 Å². The van der Waals surface area contributed by atoms with E-state index in [1.165, 1.54) is 0 Å². The first-order valence-corrected chi connectivity index (χ1v) is 10.4. The summed E-state index contributed by atoms with van der Waals surface area (Å²) in [5.41, 5.74) is 1.86. The minimum Gasteiger partial charge on any atom is -0.347 e. The number of hydrogen-bond donors (Lipinski definition) is 1. The summed E-state index contributed by atoms with van der Waals surface area (Å²) in [5, 5.41) is 2.78. The SMILES string of the molecule is CCN(c1ccccc1)c1nc(C)cc(C(=O)NC2CCS(=O)(=O)C2)n1. The van der Waals surface area contributed by atoms with Gasteiger partial charge < -0.3 is 10.2 Å². The summed E-state index contributed by atoms with van der Waals surface area (Å²) in [6.07, 6.45) is 0.441. The first-order valence-electron chi connectivity index (χ1n) is 8.57.